The molecule has 0 bridgehead atoms. The highest BCUT2D eigenvalue weighted by molar-refractivity contribution is 5.86. The molecule has 116 valence electrons. The van der Waals surface area contributed by atoms with E-state index in [1.807, 2.05) is 13.8 Å². The third-order valence-electron chi connectivity index (χ3n) is 3.09. The Morgan fingerprint density at radius 2 is 1.77 bits per heavy atom. The summed E-state index contributed by atoms with van der Waals surface area (Å²) in [5.41, 5.74) is 0.496. The molecule has 0 aliphatic rings. The van der Waals surface area contributed by atoms with Crippen molar-refractivity contribution in [3.05, 3.63) is 58.9 Å². The van der Waals surface area contributed by atoms with Crippen LogP contribution in [0.3, 0.4) is 0 Å². The average molecular weight is 307 g/mol. The normalized spacial score (nSPS) is 11.5. The minimum atomic E-state index is -1.09. The number of rotatable bonds is 4. The highest BCUT2D eigenvalue weighted by Crippen LogP contribution is 2.26. The first-order valence-corrected chi connectivity index (χ1v) is 6.88. The van der Waals surface area contributed by atoms with Crippen molar-refractivity contribution in [2.75, 3.05) is 0 Å². The zero-order chi connectivity index (χ0) is 16.3. The molecule has 0 aliphatic heterocycles. The van der Waals surface area contributed by atoms with E-state index < -0.39 is 23.1 Å². The van der Waals surface area contributed by atoms with Gasteiger partial charge >= 0.3 is 0 Å². The maximum Gasteiger partial charge on any atom is 0.154 e. The number of halogens is 3. The lowest BCUT2D eigenvalue weighted by molar-refractivity contribution is 0.461. The number of hydrogen-bond acceptors (Lipinski definition) is 2. The highest BCUT2D eigenvalue weighted by atomic mass is 19.1. The van der Waals surface area contributed by atoms with Gasteiger partial charge in [0.05, 0.1) is 0 Å². The van der Waals surface area contributed by atoms with Gasteiger partial charge < -0.3 is 5.11 Å². The molecule has 2 rings (SSSR count). The Kier molecular flexibility index (Phi) is 4.85. The predicted octanol–water partition coefficient (Wildman–Crippen LogP) is 4.76. The summed E-state index contributed by atoms with van der Waals surface area (Å²) < 4.78 is 39.9. The van der Waals surface area contributed by atoms with Crippen molar-refractivity contribution in [1.29, 1.82) is 0 Å². The van der Waals surface area contributed by atoms with E-state index in [-0.39, 0.29) is 5.75 Å². The molecule has 0 unspecified atom stereocenters. The molecule has 22 heavy (non-hydrogen) atoms. The maximum atomic E-state index is 13.5. The Bertz CT molecular complexity index is 688. The topological polar surface area (TPSA) is 32.6 Å². The molecule has 1 N–H and O–H groups in total. The number of hydrogen-bond donors (Lipinski definition) is 1. The van der Waals surface area contributed by atoms with Crippen LogP contribution in [0.25, 0.3) is 0 Å². The summed E-state index contributed by atoms with van der Waals surface area (Å²) in [6, 6.07) is 6.22. The molecule has 0 fully saturated rings. The fourth-order valence-corrected chi connectivity index (χ4v) is 2.11. The Morgan fingerprint density at radius 3 is 2.36 bits per heavy atom. The van der Waals surface area contributed by atoms with Gasteiger partial charge in [0.1, 0.15) is 17.3 Å². The SMILES string of the molecule is CC(C)Cc1cccc(C=Nc2c(F)cc(F)cc2F)c1O. The van der Waals surface area contributed by atoms with Crippen molar-refractivity contribution in [2.24, 2.45) is 10.9 Å². The Hall–Kier alpha value is -2.30. The first-order chi connectivity index (χ1) is 10.4. The lowest BCUT2D eigenvalue weighted by atomic mass is 10.00. The molecular formula is C17H16F3NO. The zero-order valence-corrected chi connectivity index (χ0v) is 12.3. The van der Waals surface area contributed by atoms with Gasteiger partial charge in [-0.05, 0) is 24.0 Å². The van der Waals surface area contributed by atoms with Gasteiger partial charge in [-0.2, -0.15) is 0 Å². The van der Waals surface area contributed by atoms with E-state index in [9.17, 15) is 18.3 Å². The lowest BCUT2D eigenvalue weighted by Gasteiger charge is -2.09. The molecule has 2 aromatic carbocycles. The first-order valence-electron chi connectivity index (χ1n) is 6.88. The van der Waals surface area contributed by atoms with E-state index in [2.05, 4.69) is 4.99 Å². The number of nitrogens with zero attached hydrogens (tertiary/aromatic N) is 1. The minimum Gasteiger partial charge on any atom is -0.507 e. The van der Waals surface area contributed by atoms with Crippen LogP contribution in [-0.2, 0) is 6.42 Å². The standard InChI is InChI=1S/C17H16F3NO/c1-10(2)6-11-4-3-5-12(17(11)22)9-21-16-14(19)7-13(18)8-15(16)20/h3-5,7-10,22H,6H2,1-2H3. The summed E-state index contributed by atoms with van der Waals surface area (Å²) in [5, 5.41) is 10.2. The number of aromatic hydroxyl groups is 1. The fraction of sp³-hybridized carbons (Fsp3) is 0.235. The second-order valence-electron chi connectivity index (χ2n) is 5.43. The van der Waals surface area contributed by atoms with Crippen LogP contribution in [-0.4, -0.2) is 11.3 Å². The summed E-state index contributed by atoms with van der Waals surface area (Å²) in [6.07, 6.45) is 1.84. The molecule has 2 aromatic rings. The Labute approximate surface area is 126 Å². The van der Waals surface area contributed by atoms with Gasteiger partial charge in [0.2, 0.25) is 0 Å². The molecule has 0 atom stereocenters. The zero-order valence-electron chi connectivity index (χ0n) is 12.3. The van der Waals surface area contributed by atoms with Crippen molar-refractivity contribution >= 4 is 11.9 Å². The number of phenolic OH excluding ortho intramolecular Hbond substituents is 1. The molecule has 0 saturated carbocycles. The van der Waals surface area contributed by atoms with Gasteiger partial charge in [0.15, 0.2) is 11.6 Å². The largest absolute Gasteiger partial charge is 0.507 e. The van der Waals surface area contributed by atoms with E-state index in [4.69, 9.17) is 0 Å². The van der Waals surface area contributed by atoms with E-state index in [0.29, 0.717) is 30.0 Å². The lowest BCUT2D eigenvalue weighted by Crippen LogP contribution is -1.96. The van der Waals surface area contributed by atoms with Crippen molar-refractivity contribution in [3.63, 3.8) is 0 Å². The average Bonchev–Trinajstić information content (AvgIpc) is 2.41. The third kappa shape index (κ3) is 3.67. The second kappa shape index (κ2) is 6.64. The third-order valence-corrected chi connectivity index (χ3v) is 3.09. The van der Waals surface area contributed by atoms with Gasteiger partial charge in [-0.25, -0.2) is 18.2 Å². The van der Waals surface area contributed by atoms with Crippen LogP contribution in [0.2, 0.25) is 0 Å². The first kappa shape index (κ1) is 16.1. The van der Waals surface area contributed by atoms with Gasteiger partial charge in [-0.15, -0.1) is 0 Å². The molecule has 0 saturated heterocycles. The molecule has 0 aromatic heterocycles. The molecule has 0 heterocycles. The van der Waals surface area contributed by atoms with E-state index in [0.717, 1.165) is 5.56 Å². The summed E-state index contributed by atoms with van der Waals surface area (Å²) in [7, 11) is 0. The van der Waals surface area contributed by atoms with E-state index in [1.54, 1.807) is 18.2 Å². The van der Waals surface area contributed by atoms with Crippen LogP contribution in [0, 0.1) is 23.4 Å². The van der Waals surface area contributed by atoms with Crippen molar-refractivity contribution in [3.8, 4) is 5.75 Å². The van der Waals surface area contributed by atoms with Gasteiger partial charge in [0.25, 0.3) is 0 Å². The Morgan fingerprint density at radius 1 is 1.14 bits per heavy atom. The Balaban J connectivity index is 2.35. The quantitative estimate of drug-likeness (QED) is 0.812. The number of para-hydroxylation sites is 1. The fourth-order valence-electron chi connectivity index (χ4n) is 2.11. The summed E-state index contributed by atoms with van der Waals surface area (Å²) >= 11 is 0. The smallest absolute Gasteiger partial charge is 0.154 e. The van der Waals surface area contributed by atoms with Crippen LogP contribution < -0.4 is 0 Å². The molecule has 0 radical (unpaired) electrons. The number of phenols is 1. The van der Waals surface area contributed by atoms with E-state index >= 15 is 0 Å². The van der Waals surface area contributed by atoms with Crippen LogP contribution in [0.15, 0.2) is 35.3 Å². The highest BCUT2D eigenvalue weighted by Gasteiger charge is 2.11. The van der Waals surface area contributed by atoms with Crippen molar-refractivity contribution < 1.29 is 18.3 Å². The number of benzene rings is 2. The van der Waals surface area contributed by atoms with Crippen LogP contribution in [0.4, 0.5) is 18.9 Å². The maximum absolute atomic E-state index is 13.5. The predicted molar refractivity (Wildman–Crippen MR) is 80.2 cm³/mol. The summed E-state index contributed by atoms with van der Waals surface area (Å²) in [4.78, 5) is 3.70. The molecular weight excluding hydrogens is 291 g/mol. The van der Waals surface area contributed by atoms with Gasteiger partial charge in [-0.3, -0.25) is 0 Å². The molecule has 2 nitrogen and oxygen atoms in total. The minimum absolute atomic E-state index is 0.0304. The van der Waals surface area contributed by atoms with Gasteiger partial charge in [0, 0.05) is 23.9 Å². The van der Waals surface area contributed by atoms with E-state index in [1.165, 1.54) is 6.21 Å². The van der Waals surface area contributed by atoms with Crippen LogP contribution >= 0.6 is 0 Å². The van der Waals surface area contributed by atoms with Crippen LogP contribution in [0.5, 0.6) is 5.75 Å². The van der Waals surface area contributed by atoms with Crippen molar-refractivity contribution in [2.45, 2.75) is 20.3 Å². The van der Waals surface area contributed by atoms with Gasteiger partial charge in [-0.1, -0.05) is 26.0 Å². The summed E-state index contributed by atoms with van der Waals surface area (Å²) in [5.74, 6) is -2.80. The van der Waals surface area contributed by atoms with Crippen LogP contribution in [0.1, 0.15) is 25.0 Å². The monoisotopic (exact) mass is 307 g/mol. The second-order valence-corrected chi connectivity index (χ2v) is 5.43. The molecule has 0 aliphatic carbocycles. The summed E-state index contributed by atoms with van der Waals surface area (Å²) in [6.45, 7) is 4.03. The molecule has 0 spiro atoms. The van der Waals surface area contributed by atoms with Crippen molar-refractivity contribution in [1.82, 2.24) is 0 Å². The molecule has 0 amide bonds. The number of aliphatic imine (C=N–C) groups is 1. The molecule has 5 heteroatoms.